The molecule has 2 heterocycles. The van der Waals surface area contributed by atoms with Gasteiger partial charge < -0.3 is 4.74 Å². The maximum absolute atomic E-state index is 11.9. The van der Waals surface area contributed by atoms with Crippen molar-refractivity contribution < 1.29 is 9.53 Å². The van der Waals surface area contributed by atoms with Crippen LogP contribution in [-0.2, 0) is 16.1 Å². The third-order valence-electron chi connectivity index (χ3n) is 3.61. The summed E-state index contributed by atoms with van der Waals surface area (Å²) in [5, 5.41) is 3.26. The Morgan fingerprint density at radius 2 is 2.24 bits per heavy atom. The molecule has 0 aliphatic rings. The normalized spacial score (nSPS) is 14.1. The molecule has 114 valence electrons. The van der Waals surface area contributed by atoms with Crippen molar-refractivity contribution in [1.29, 1.82) is 0 Å². The minimum Gasteiger partial charge on any atom is -0.468 e. The number of fused-ring (bicyclic) bond motifs is 1. The van der Waals surface area contributed by atoms with Gasteiger partial charge in [0.25, 0.3) is 0 Å². The number of halogens is 1. The molecule has 2 aromatic rings. The van der Waals surface area contributed by atoms with E-state index in [-0.39, 0.29) is 17.9 Å². The van der Waals surface area contributed by atoms with Crippen molar-refractivity contribution in [1.82, 2.24) is 19.7 Å². The molecular weight excluding hydrogens is 336 g/mol. The van der Waals surface area contributed by atoms with Crippen molar-refractivity contribution in [2.45, 2.75) is 32.9 Å². The Labute approximate surface area is 132 Å². The molecule has 0 spiro atoms. The second kappa shape index (κ2) is 7.00. The van der Waals surface area contributed by atoms with Crippen LogP contribution in [0.15, 0.2) is 23.2 Å². The van der Waals surface area contributed by atoms with Crippen LogP contribution in [0.2, 0.25) is 0 Å². The summed E-state index contributed by atoms with van der Waals surface area (Å²) in [4.78, 5) is 20.3. The van der Waals surface area contributed by atoms with Gasteiger partial charge in [0.15, 0.2) is 5.65 Å². The molecule has 0 fully saturated rings. The van der Waals surface area contributed by atoms with Gasteiger partial charge in [0.1, 0.15) is 10.6 Å². The standard InChI is InChI=1S/C14H19BrN4O2/c1-4-9(2)13(14(20)21-3)18-6-10-5-17-12-7-16-11(15)8-19(10)12/h5,7-9,13,18H,4,6H2,1-3H3. The zero-order valence-electron chi connectivity index (χ0n) is 12.3. The van der Waals surface area contributed by atoms with Crippen LogP contribution < -0.4 is 5.32 Å². The molecule has 0 bridgehead atoms. The Kier molecular flexibility index (Phi) is 5.30. The monoisotopic (exact) mass is 354 g/mol. The number of rotatable bonds is 6. The number of carbonyl (C=O) groups is 1. The third-order valence-corrected chi connectivity index (χ3v) is 4.02. The van der Waals surface area contributed by atoms with Crippen LogP contribution in [0.1, 0.15) is 26.0 Å². The summed E-state index contributed by atoms with van der Waals surface area (Å²) in [6, 6.07) is -0.323. The second-order valence-electron chi connectivity index (χ2n) is 4.96. The van der Waals surface area contributed by atoms with E-state index in [1.165, 1.54) is 7.11 Å². The maximum atomic E-state index is 11.9. The fourth-order valence-electron chi connectivity index (χ4n) is 2.14. The van der Waals surface area contributed by atoms with Gasteiger partial charge in [0.2, 0.25) is 0 Å². The predicted octanol–water partition coefficient (Wildman–Crippen LogP) is 2.17. The first kappa shape index (κ1) is 15.9. The summed E-state index contributed by atoms with van der Waals surface area (Å²) in [5.41, 5.74) is 1.73. The summed E-state index contributed by atoms with van der Waals surface area (Å²) < 4.78 is 7.55. The van der Waals surface area contributed by atoms with Crippen molar-refractivity contribution in [3.05, 3.63) is 28.9 Å². The van der Waals surface area contributed by atoms with Crippen molar-refractivity contribution in [3.8, 4) is 0 Å². The van der Waals surface area contributed by atoms with Crippen LogP contribution in [0.4, 0.5) is 0 Å². The number of hydrogen-bond acceptors (Lipinski definition) is 5. The number of imidazole rings is 1. The van der Waals surface area contributed by atoms with Crippen LogP contribution >= 0.6 is 15.9 Å². The quantitative estimate of drug-likeness (QED) is 0.805. The molecule has 2 rings (SSSR count). The zero-order valence-corrected chi connectivity index (χ0v) is 13.9. The Hall–Kier alpha value is -1.47. The van der Waals surface area contributed by atoms with Gasteiger partial charge in [-0.2, -0.15) is 0 Å². The SMILES string of the molecule is CCC(C)C(NCc1cnc2cnc(Br)cn12)C(=O)OC. The molecule has 0 amide bonds. The molecule has 0 aromatic carbocycles. The highest BCUT2D eigenvalue weighted by atomic mass is 79.9. The van der Waals surface area contributed by atoms with Gasteiger partial charge in [-0.05, 0) is 21.8 Å². The van der Waals surface area contributed by atoms with Crippen LogP contribution in [-0.4, -0.2) is 33.5 Å². The summed E-state index contributed by atoms with van der Waals surface area (Å²) >= 11 is 3.35. The third kappa shape index (κ3) is 3.59. The van der Waals surface area contributed by atoms with Gasteiger partial charge >= 0.3 is 5.97 Å². The molecular formula is C14H19BrN4O2. The van der Waals surface area contributed by atoms with E-state index in [2.05, 4.69) is 38.1 Å². The van der Waals surface area contributed by atoms with E-state index in [1.807, 2.05) is 17.5 Å². The van der Waals surface area contributed by atoms with Crippen LogP contribution in [0.3, 0.4) is 0 Å². The van der Waals surface area contributed by atoms with Crippen molar-refractivity contribution in [2.24, 2.45) is 5.92 Å². The number of carbonyl (C=O) groups excluding carboxylic acids is 1. The number of nitrogens with one attached hydrogen (secondary N) is 1. The number of hydrogen-bond donors (Lipinski definition) is 1. The Bertz CT molecular complexity index is 628. The molecule has 0 saturated carbocycles. The first-order chi connectivity index (χ1) is 10.1. The van der Waals surface area contributed by atoms with E-state index in [0.717, 1.165) is 22.4 Å². The fourth-order valence-corrected chi connectivity index (χ4v) is 2.45. The second-order valence-corrected chi connectivity index (χ2v) is 5.77. The number of aromatic nitrogens is 3. The number of methoxy groups -OCH3 is 1. The van der Waals surface area contributed by atoms with E-state index in [1.54, 1.807) is 12.4 Å². The van der Waals surface area contributed by atoms with Gasteiger partial charge in [0, 0.05) is 12.7 Å². The molecule has 1 N–H and O–H groups in total. The van der Waals surface area contributed by atoms with Gasteiger partial charge in [-0.1, -0.05) is 20.3 Å². The Morgan fingerprint density at radius 3 is 2.90 bits per heavy atom. The summed E-state index contributed by atoms with van der Waals surface area (Å²) in [7, 11) is 1.41. The Morgan fingerprint density at radius 1 is 1.48 bits per heavy atom. The molecule has 2 aromatic heterocycles. The highest BCUT2D eigenvalue weighted by molar-refractivity contribution is 9.10. The molecule has 0 aliphatic carbocycles. The zero-order chi connectivity index (χ0) is 15.4. The average molecular weight is 355 g/mol. The molecule has 0 radical (unpaired) electrons. The minimum absolute atomic E-state index is 0.199. The lowest BCUT2D eigenvalue weighted by Gasteiger charge is -2.21. The lowest BCUT2D eigenvalue weighted by molar-refractivity contribution is -0.144. The largest absolute Gasteiger partial charge is 0.468 e. The van der Waals surface area contributed by atoms with Crippen molar-refractivity contribution in [2.75, 3.05) is 7.11 Å². The molecule has 0 aliphatic heterocycles. The fraction of sp³-hybridized carbons (Fsp3) is 0.500. The van der Waals surface area contributed by atoms with Gasteiger partial charge in [0.05, 0.1) is 25.2 Å². The highest BCUT2D eigenvalue weighted by Crippen LogP contribution is 2.13. The summed E-state index contributed by atoms with van der Waals surface area (Å²) in [6.07, 6.45) is 6.23. The van der Waals surface area contributed by atoms with Crippen LogP contribution in [0.5, 0.6) is 0 Å². The Balaban J connectivity index is 2.15. The number of esters is 1. The molecule has 6 nitrogen and oxygen atoms in total. The van der Waals surface area contributed by atoms with Crippen LogP contribution in [0.25, 0.3) is 5.65 Å². The first-order valence-electron chi connectivity index (χ1n) is 6.85. The number of nitrogens with zero attached hydrogens (tertiary/aromatic N) is 3. The molecule has 0 saturated heterocycles. The molecule has 21 heavy (non-hydrogen) atoms. The molecule has 2 unspecified atom stereocenters. The topological polar surface area (TPSA) is 68.5 Å². The van der Waals surface area contributed by atoms with Gasteiger partial charge in [-0.3, -0.25) is 14.5 Å². The lowest BCUT2D eigenvalue weighted by atomic mass is 9.99. The lowest BCUT2D eigenvalue weighted by Crippen LogP contribution is -2.42. The van der Waals surface area contributed by atoms with Crippen LogP contribution in [0, 0.1) is 5.92 Å². The molecule has 7 heteroatoms. The summed E-state index contributed by atoms with van der Waals surface area (Å²) in [6.45, 7) is 4.62. The number of ether oxygens (including phenoxy) is 1. The molecule has 2 atom stereocenters. The van der Waals surface area contributed by atoms with E-state index in [0.29, 0.717) is 6.54 Å². The maximum Gasteiger partial charge on any atom is 0.323 e. The first-order valence-corrected chi connectivity index (χ1v) is 7.64. The van der Waals surface area contributed by atoms with Crippen molar-refractivity contribution >= 4 is 27.5 Å². The minimum atomic E-state index is -0.323. The van der Waals surface area contributed by atoms with E-state index in [4.69, 9.17) is 4.74 Å². The van der Waals surface area contributed by atoms with E-state index in [9.17, 15) is 4.79 Å². The van der Waals surface area contributed by atoms with Crippen molar-refractivity contribution in [3.63, 3.8) is 0 Å². The highest BCUT2D eigenvalue weighted by Gasteiger charge is 2.24. The van der Waals surface area contributed by atoms with Gasteiger partial charge in [-0.25, -0.2) is 9.97 Å². The van der Waals surface area contributed by atoms with E-state index < -0.39 is 0 Å². The average Bonchev–Trinajstić information content (AvgIpc) is 2.89. The smallest absolute Gasteiger partial charge is 0.323 e. The summed E-state index contributed by atoms with van der Waals surface area (Å²) in [5.74, 6) is -0.0361. The van der Waals surface area contributed by atoms with E-state index >= 15 is 0 Å². The van der Waals surface area contributed by atoms with Gasteiger partial charge in [-0.15, -0.1) is 0 Å². The predicted molar refractivity (Wildman–Crippen MR) is 82.8 cm³/mol.